The topological polar surface area (TPSA) is 67.6 Å². The first-order valence-corrected chi connectivity index (χ1v) is 6.46. The summed E-state index contributed by atoms with van der Waals surface area (Å²) in [5.74, 6) is 0.531. The number of nitro benzene ring substituents is 1. The number of benzene rings is 1. The smallest absolute Gasteiger partial charge is 0.296 e. The fraction of sp³-hybridized carbons (Fsp3) is 0.538. The average molecular weight is 265 g/mol. The Bertz CT molecular complexity index is 464. The Balaban J connectivity index is 2.16. The third kappa shape index (κ3) is 3.35. The fourth-order valence-electron chi connectivity index (χ4n) is 2.31. The Morgan fingerprint density at radius 1 is 1.58 bits per heavy atom. The maximum atomic E-state index is 11.1. The third-order valence-corrected chi connectivity index (χ3v) is 3.23. The number of rotatable bonds is 5. The van der Waals surface area contributed by atoms with Gasteiger partial charge in [-0.2, -0.15) is 0 Å². The Kier molecular flexibility index (Phi) is 4.21. The minimum Gasteiger partial charge on any atom is -0.494 e. The van der Waals surface area contributed by atoms with E-state index in [9.17, 15) is 10.1 Å². The molecule has 1 aromatic rings. The Labute approximate surface area is 112 Å². The molecule has 0 spiro atoms. The zero-order valence-corrected chi connectivity index (χ0v) is 11.3. The molecule has 1 aromatic carbocycles. The number of hydrogen-bond acceptors (Lipinski definition) is 5. The van der Waals surface area contributed by atoms with Crippen molar-refractivity contribution in [3.63, 3.8) is 0 Å². The molecule has 104 valence electrons. The highest BCUT2D eigenvalue weighted by atomic mass is 16.6. The van der Waals surface area contributed by atoms with Gasteiger partial charge in [0.25, 0.3) is 5.69 Å². The zero-order valence-electron chi connectivity index (χ0n) is 11.3. The van der Waals surface area contributed by atoms with Gasteiger partial charge in [0, 0.05) is 12.6 Å². The van der Waals surface area contributed by atoms with E-state index in [0.29, 0.717) is 18.0 Å². The molecule has 0 saturated carbocycles. The van der Waals surface area contributed by atoms with Crippen LogP contribution in [0.2, 0.25) is 0 Å². The predicted molar refractivity (Wildman–Crippen MR) is 73.8 cm³/mol. The van der Waals surface area contributed by atoms with Crippen molar-refractivity contribution in [3.05, 3.63) is 28.3 Å². The van der Waals surface area contributed by atoms with Crippen molar-refractivity contribution in [2.24, 2.45) is 0 Å². The first kappa shape index (κ1) is 13.6. The van der Waals surface area contributed by atoms with Crippen LogP contribution in [0.3, 0.4) is 0 Å². The number of nitro groups is 1. The molecule has 6 nitrogen and oxygen atoms in total. The van der Waals surface area contributed by atoms with Gasteiger partial charge in [-0.25, -0.2) is 0 Å². The van der Waals surface area contributed by atoms with Crippen LogP contribution in [0, 0.1) is 10.1 Å². The number of anilines is 1. The first-order chi connectivity index (χ1) is 9.10. The van der Waals surface area contributed by atoms with Gasteiger partial charge in [-0.15, -0.1) is 0 Å². The minimum atomic E-state index is -0.372. The van der Waals surface area contributed by atoms with E-state index in [1.165, 1.54) is 6.07 Å². The molecule has 0 aliphatic carbocycles. The van der Waals surface area contributed by atoms with Gasteiger partial charge in [0.05, 0.1) is 17.6 Å². The predicted octanol–water partition coefficient (Wildman–Crippen LogP) is 2.11. The quantitative estimate of drug-likeness (QED) is 0.652. The molecule has 0 amide bonds. The van der Waals surface area contributed by atoms with E-state index in [0.717, 1.165) is 19.5 Å². The number of hydrogen-bond donors (Lipinski definition) is 1. The fourth-order valence-corrected chi connectivity index (χ4v) is 2.31. The highest BCUT2D eigenvalue weighted by Gasteiger charge is 2.23. The summed E-state index contributed by atoms with van der Waals surface area (Å²) < 4.78 is 5.30. The molecule has 0 aromatic heterocycles. The summed E-state index contributed by atoms with van der Waals surface area (Å²) >= 11 is 0. The van der Waals surface area contributed by atoms with Gasteiger partial charge in [0.1, 0.15) is 11.4 Å². The van der Waals surface area contributed by atoms with Gasteiger partial charge in [-0.3, -0.25) is 10.1 Å². The lowest BCUT2D eigenvalue weighted by Crippen LogP contribution is -2.23. The van der Waals surface area contributed by atoms with E-state index in [1.54, 1.807) is 12.1 Å². The van der Waals surface area contributed by atoms with Crippen LogP contribution in [0.1, 0.15) is 13.3 Å². The third-order valence-electron chi connectivity index (χ3n) is 3.23. The molecule has 1 fully saturated rings. The molecule has 6 heteroatoms. The summed E-state index contributed by atoms with van der Waals surface area (Å²) in [4.78, 5) is 13.0. The van der Waals surface area contributed by atoms with E-state index >= 15 is 0 Å². The zero-order chi connectivity index (χ0) is 13.8. The molecular formula is C13H19N3O3. The lowest BCUT2D eigenvalue weighted by atomic mass is 10.2. The lowest BCUT2D eigenvalue weighted by molar-refractivity contribution is -0.384. The largest absolute Gasteiger partial charge is 0.494 e. The monoisotopic (exact) mass is 265 g/mol. The second-order valence-corrected chi connectivity index (χ2v) is 4.76. The van der Waals surface area contributed by atoms with Crippen LogP contribution in [0.15, 0.2) is 18.2 Å². The normalized spacial score (nSPS) is 19.4. The van der Waals surface area contributed by atoms with Crippen molar-refractivity contribution < 1.29 is 9.66 Å². The van der Waals surface area contributed by atoms with E-state index in [1.807, 2.05) is 14.0 Å². The maximum Gasteiger partial charge on any atom is 0.296 e. The molecule has 1 aliphatic rings. The van der Waals surface area contributed by atoms with E-state index < -0.39 is 0 Å². The SMILES string of the molecule is CCOc1ccc(NC2CCN(C)C2)c([N+](=O)[O-])c1. The number of likely N-dealkylation sites (tertiary alicyclic amines) is 1. The van der Waals surface area contributed by atoms with Gasteiger partial charge in [-0.1, -0.05) is 0 Å². The summed E-state index contributed by atoms with van der Waals surface area (Å²) in [5.41, 5.74) is 0.634. The molecule has 0 bridgehead atoms. The van der Waals surface area contributed by atoms with Crippen LogP contribution in [-0.4, -0.2) is 42.6 Å². The van der Waals surface area contributed by atoms with Crippen molar-refractivity contribution >= 4 is 11.4 Å². The number of ether oxygens (including phenoxy) is 1. The minimum absolute atomic E-state index is 0.0699. The van der Waals surface area contributed by atoms with Crippen molar-refractivity contribution in [2.75, 3.05) is 32.1 Å². The molecule has 1 aliphatic heterocycles. The van der Waals surface area contributed by atoms with Crippen molar-refractivity contribution in [1.29, 1.82) is 0 Å². The maximum absolute atomic E-state index is 11.1. The van der Waals surface area contributed by atoms with E-state index in [-0.39, 0.29) is 16.7 Å². The summed E-state index contributed by atoms with van der Waals surface area (Å²) in [6, 6.07) is 5.23. The van der Waals surface area contributed by atoms with Gasteiger partial charge in [0.15, 0.2) is 0 Å². The van der Waals surface area contributed by atoms with Crippen LogP contribution in [0.25, 0.3) is 0 Å². The van der Waals surface area contributed by atoms with E-state index in [2.05, 4.69) is 10.2 Å². The van der Waals surface area contributed by atoms with Crippen molar-refractivity contribution in [1.82, 2.24) is 4.90 Å². The van der Waals surface area contributed by atoms with Crippen LogP contribution in [-0.2, 0) is 0 Å². The molecule has 19 heavy (non-hydrogen) atoms. The molecule has 1 heterocycles. The molecule has 0 radical (unpaired) electrons. The first-order valence-electron chi connectivity index (χ1n) is 6.46. The van der Waals surface area contributed by atoms with Gasteiger partial charge in [0.2, 0.25) is 0 Å². The number of likely N-dealkylation sites (N-methyl/N-ethyl adjacent to an activating group) is 1. The Morgan fingerprint density at radius 2 is 2.37 bits per heavy atom. The summed E-state index contributed by atoms with van der Waals surface area (Å²) in [5, 5.41) is 14.4. The second kappa shape index (κ2) is 5.88. The summed E-state index contributed by atoms with van der Waals surface area (Å²) in [6.07, 6.45) is 1.00. The van der Waals surface area contributed by atoms with Crippen LogP contribution in [0.4, 0.5) is 11.4 Å². The molecule has 1 unspecified atom stereocenters. The average Bonchev–Trinajstić information content (AvgIpc) is 2.77. The van der Waals surface area contributed by atoms with Gasteiger partial charge < -0.3 is 15.0 Å². The lowest BCUT2D eigenvalue weighted by Gasteiger charge is -2.15. The van der Waals surface area contributed by atoms with Crippen molar-refractivity contribution in [3.8, 4) is 5.75 Å². The highest BCUT2D eigenvalue weighted by molar-refractivity contribution is 5.64. The van der Waals surface area contributed by atoms with E-state index in [4.69, 9.17) is 4.74 Å². The summed E-state index contributed by atoms with van der Waals surface area (Å²) in [6.45, 7) is 4.27. The van der Waals surface area contributed by atoms with Crippen molar-refractivity contribution in [2.45, 2.75) is 19.4 Å². The van der Waals surface area contributed by atoms with Gasteiger partial charge in [-0.05, 0) is 39.1 Å². The molecule has 1 atom stereocenters. The van der Waals surface area contributed by atoms with Gasteiger partial charge >= 0.3 is 0 Å². The molecule has 2 rings (SSSR count). The second-order valence-electron chi connectivity index (χ2n) is 4.76. The Hall–Kier alpha value is -1.82. The Morgan fingerprint density at radius 3 is 2.95 bits per heavy atom. The number of nitrogens with one attached hydrogen (secondary N) is 1. The molecule has 1 saturated heterocycles. The number of nitrogens with zero attached hydrogens (tertiary/aromatic N) is 2. The molecule has 1 N–H and O–H groups in total. The van der Waals surface area contributed by atoms with Crippen LogP contribution in [0.5, 0.6) is 5.75 Å². The molecular weight excluding hydrogens is 246 g/mol. The summed E-state index contributed by atoms with van der Waals surface area (Å²) in [7, 11) is 2.05. The standard InChI is InChI=1S/C13H19N3O3/c1-3-19-11-4-5-12(13(8-11)16(17)18)14-10-6-7-15(2)9-10/h4-5,8,10,14H,3,6-7,9H2,1-2H3. The van der Waals surface area contributed by atoms with Crippen LogP contribution >= 0.6 is 0 Å². The highest BCUT2D eigenvalue weighted by Crippen LogP contribution is 2.30. The van der Waals surface area contributed by atoms with Crippen LogP contribution < -0.4 is 10.1 Å².